The van der Waals surface area contributed by atoms with Crippen molar-refractivity contribution in [2.75, 3.05) is 0 Å². The zero-order valence-corrected chi connectivity index (χ0v) is 8.52. The van der Waals surface area contributed by atoms with Crippen LogP contribution in [0.25, 0.3) is 0 Å². The second kappa shape index (κ2) is 4.39. The number of hydrogen-bond donors (Lipinski definition) is 2. The van der Waals surface area contributed by atoms with Crippen LogP contribution in [0.4, 0.5) is 0 Å². The second-order valence-corrected chi connectivity index (χ2v) is 3.76. The van der Waals surface area contributed by atoms with E-state index in [0.29, 0.717) is 0 Å². The molecule has 1 rings (SSSR count). The highest BCUT2D eigenvalue weighted by atomic mass is 79.9. The van der Waals surface area contributed by atoms with Gasteiger partial charge in [-0.05, 0) is 12.8 Å². The molecule has 4 nitrogen and oxygen atoms in total. The highest BCUT2D eigenvalue weighted by molar-refractivity contribution is 8.93. The highest BCUT2D eigenvalue weighted by Gasteiger charge is 2.18. The topological polar surface area (TPSA) is 66.4 Å². The normalized spacial score (nSPS) is 19.7. The molecule has 2 N–H and O–H groups in total. The van der Waals surface area contributed by atoms with E-state index in [1.807, 2.05) is 0 Å². The Morgan fingerprint density at radius 2 is 1.73 bits per heavy atom. The molecule has 6 heteroatoms. The summed E-state index contributed by atoms with van der Waals surface area (Å²) in [5, 5.41) is 0. The Morgan fingerprint density at radius 3 is 2.09 bits per heavy atom. The van der Waals surface area contributed by atoms with Crippen molar-refractivity contribution in [3.05, 3.63) is 0 Å². The van der Waals surface area contributed by atoms with E-state index in [9.17, 15) is 8.42 Å². The summed E-state index contributed by atoms with van der Waals surface area (Å²) in [6.07, 6.45) is 3.79. The average molecular weight is 246 g/mol. The van der Waals surface area contributed by atoms with Gasteiger partial charge in [-0.1, -0.05) is 12.8 Å². The summed E-state index contributed by atoms with van der Waals surface area (Å²) in [4.78, 5) is 0. The maximum absolute atomic E-state index is 10.2. The molecule has 0 amide bonds. The predicted octanol–water partition coefficient (Wildman–Crippen LogP) is 0.899. The van der Waals surface area contributed by atoms with Gasteiger partial charge in [-0.3, -0.25) is 4.55 Å². The van der Waals surface area contributed by atoms with Crippen molar-refractivity contribution in [1.82, 2.24) is 4.72 Å². The number of rotatable bonds is 2. The van der Waals surface area contributed by atoms with Gasteiger partial charge in [-0.15, -0.1) is 17.0 Å². The Labute approximate surface area is 77.0 Å². The van der Waals surface area contributed by atoms with Crippen molar-refractivity contribution in [3.8, 4) is 0 Å². The summed E-state index contributed by atoms with van der Waals surface area (Å²) >= 11 is 0. The summed E-state index contributed by atoms with van der Waals surface area (Å²) in [5.74, 6) is 0. The first-order valence-electron chi connectivity index (χ1n) is 3.33. The molecule has 0 unspecified atom stereocenters. The minimum atomic E-state index is -3.96. The Morgan fingerprint density at radius 1 is 1.27 bits per heavy atom. The third-order valence-corrected chi connectivity index (χ3v) is 2.30. The van der Waals surface area contributed by atoms with Gasteiger partial charge in [0.25, 0.3) is 0 Å². The third kappa shape index (κ3) is 4.73. The van der Waals surface area contributed by atoms with Gasteiger partial charge in [0.2, 0.25) is 0 Å². The maximum atomic E-state index is 10.2. The van der Waals surface area contributed by atoms with E-state index in [-0.39, 0.29) is 23.0 Å². The number of nitrogens with one attached hydrogen (secondary N) is 1. The van der Waals surface area contributed by atoms with Crippen LogP contribution < -0.4 is 4.72 Å². The molecule has 0 aliphatic heterocycles. The molecule has 0 atom stereocenters. The van der Waals surface area contributed by atoms with Crippen molar-refractivity contribution < 1.29 is 13.0 Å². The summed E-state index contributed by atoms with van der Waals surface area (Å²) in [5.41, 5.74) is 0. The quantitative estimate of drug-likeness (QED) is 0.711. The zero-order chi connectivity index (χ0) is 7.61. The monoisotopic (exact) mass is 245 g/mol. The molecule has 1 aliphatic carbocycles. The fourth-order valence-electron chi connectivity index (χ4n) is 1.25. The molecule has 1 saturated carbocycles. The van der Waals surface area contributed by atoms with Crippen LogP contribution in [0, 0.1) is 0 Å². The van der Waals surface area contributed by atoms with Crippen LogP contribution >= 0.6 is 17.0 Å². The Balaban J connectivity index is 0.000001000. The van der Waals surface area contributed by atoms with E-state index < -0.39 is 10.3 Å². The van der Waals surface area contributed by atoms with Crippen molar-refractivity contribution in [1.29, 1.82) is 0 Å². The second-order valence-electron chi connectivity index (χ2n) is 2.57. The molecule has 1 fully saturated rings. The summed E-state index contributed by atoms with van der Waals surface area (Å²) < 4.78 is 30.9. The molecule has 0 bridgehead atoms. The maximum Gasteiger partial charge on any atom is 0.333 e. The molecule has 0 saturated heterocycles. The molecule has 0 aromatic rings. The van der Waals surface area contributed by atoms with Crippen LogP contribution in [0.3, 0.4) is 0 Å². The lowest BCUT2D eigenvalue weighted by Gasteiger charge is -2.06. The van der Waals surface area contributed by atoms with Crippen molar-refractivity contribution >= 4 is 27.3 Å². The largest absolute Gasteiger partial charge is 0.333 e. The van der Waals surface area contributed by atoms with Crippen LogP contribution in [-0.4, -0.2) is 19.0 Å². The molecule has 0 radical (unpaired) electrons. The molecule has 0 aromatic carbocycles. The van der Waals surface area contributed by atoms with Gasteiger partial charge in [-0.2, -0.15) is 13.1 Å². The molecular weight excluding hydrogens is 234 g/mol. The molecule has 0 heterocycles. The fraction of sp³-hybridized carbons (Fsp3) is 1.00. The lowest BCUT2D eigenvalue weighted by molar-refractivity contribution is 0.452. The van der Waals surface area contributed by atoms with E-state index >= 15 is 0 Å². The molecule has 11 heavy (non-hydrogen) atoms. The van der Waals surface area contributed by atoms with Crippen LogP contribution in [0.15, 0.2) is 0 Å². The summed E-state index contributed by atoms with van der Waals surface area (Å²) in [6, 6.07) is -0.0324. The molecule has 1 aliphatic rings. The third-order valence-electron chi connectivity index (χ3n) is 1.67. The van der Waals surface area contributed by atoms with Gasteiger partial charge >= 0.3 is 10.3 Å². The van der Waals surface area contributed by atoms with Gasteiger partial charge in [-0.25, -0.2) is 0 Å². The van der Waals surface area contributed by atoms with E-state index in [2.05, 4.69) is 4.72 Å². The summed E-state index contributed by atoms with van der Waals surface area (Å²) in [6.45, 7) is 0. The molecule has 0 aromatic heterocycles. The highest BCUT2D eigenvalue weighted by Crippen LogP contribution is 2.17. The van der Waals surface area contributed by atoms with Crippen LogP contribution in [-0.2, 0) is 10.3 Å². The number of hydrogen-bond acceptors (Lipinski definition) is 2. The first-order chi connectivity index (χ1) is 4.58. The lowest BCUT2D eigenvalue weighted by Crippen LogP contribution is -2.31. The molecule has 68 valence electrons. The van der Waals surface area contributed by atoms with E-state index in [4.69, 9.17) is 4.55 Å². The first kappa shape index (κ1) is 11.4. The van der Waals surface area contributed by atoms with Crippen LogP contribution in [0.5, 0.6) is 0 Å². The SMILES string of the molecule is Br.O=S(=O)(O)NC1CCCC1. The minimum absolute atomic E-state index is 0. The smallest absolute Gasteiger partial charge is 0.273 e. The Hall–Kier alpha value is 0.350. The van der Waals surface area contributed by atoms with E-state index in [1.54, 1.807) is 0 Å². The molecule has 0 spiro atoms. The van der Waals surface area contributed by atoms with Gasteiger partial charge in [0.15, 0.2) is 0 Å². The standard InChI is InChI=1S/C5H11NO3S.BrH/c7-10(8,9)6-5-3-1-2-4-5;/h5-6H,1-4H2,(H,7,8,9);1H. The van der Waals surface area contributed by atoms with Gasteiger partial charge in [0.05, 0.1) is 0 Å². The van der Waals surface area contributed by atoms with Crippen molar-refractivity contribution in [2.45, 2.75) is 31.7 Å². The Bertz CT molecular complexity index is 198. The van der Waals surface area contributed by atoms with Crippen LogP contribution in [0.1, 0.15) is 25.7 Å². The van der Waals surface area contributed by atoms with Gasteiger partial charge in [0, 0.05) is 6.04 Å². The van der Waals surface area contributed by atoms with E-state index in [0.717, 1.165) is 25.7 Å². The van der Waals surface area contributed by atoms with Gasteiger partial charge in [0.1, 0.15) is 0 Å². The first-order valence-corrected chi connectivity index (χ1v) is 4.77. The van der Waals surface area contributed by atoms with Crippen molar-refractivity contribution in [2.24, 2.45) is 0 Å². The van der Waals surface area contributed by atoms with E-state index in [1.165, 1.54) is 0 Å². The molecular formula is C5H12BrNO3S. The minimum Gasteiger partial charge on any atom is -0.273 e. The van der Waals surface area contributed by atoms with Crippen molar-refractivity contribution in [3.63, 3.8) is 0 Å². The number of halogens is 1. The van der Waals surface area contributed by atoms with Gasteiger partial charge < -0.3 is 0 Å². The summed E-state index contributed by atoms with van der Waals surface area (Å²) in [7, 11) is -3.96. The lowest BCUT2D eigenvalue weighted by atomic mass is 10.3. The predicted molar refractivity (Wildman–Crippen MR) is 47.3 cm³/mol. The fourth-order valence-corrected chi connectivity index (χ4v) is 1.91. The zero-order valence-electron chi connectivity index (χ0n) is 5.99. The van der Waals surface area contributed by atoms with Crippen LogP contribution in [0.2, 0.25) is 0 Å². The average Bonchev–Trinajstić information content (AvgIpc) is 2.12. The Kier molecular flexibility index (Phi) is 4.53.